The van der Waals surface area contributed by atoms with E-state index < -0.39 is 0 Å². The largest absolute Gasteiger partial charge is 0.312 e. The van der Waals surface area contributed by atoms with Gasteiger partial charge in [0, 0.05) is 18.6 Å². The Morgan fingerprint density at radius 2 is 1.75 bits per heavy atom. The molecule has 16 heavy (non-hydrogen) atoms. The Balaban J connectivity index is 1.97. The second-order valence-corrected chi connectivity index (χ2v) is 6.66. The molecular weight excluding hydrogens is 196 g/mol. The molecular formula is C14H28N2. The van der Waals surface area contributed by atoms with E-state index in [9.17, 15) is 0 Å². The molecule has 1 saturated carbocycles. The fourth-order valence-electron chi connectivity index (χ4n) is 3.13. The Bertz CT molecular complexity index is 213. The van der Waals surface area contributed by atoms with Crippen LogP contribution in [0.1, 0.15) is 52.9 Å². The van der Waals surface area contributed by atoms with Crippen molar-refractivity contribution >= 4 is 0 Å². The average Bonchev–Trinajstić information content (AvgIpc) is 2.60. The Morgan fingerprint density at radius 3 is 2.38 bits per heavy atom. The lowest BCUT2D eigenvalue weighted by molar-refractivity contribution is 0.155. The first kappa shape index (κ1) is 12.4. The summed E-state index contributed by atoms with van der Waals surface area (Å²) in [5.74, 6) is 0. The molecule has 2 rings (SSSR count). The number of rotatable bonds is 1. The Hall–Kier alpha value is -0.0800. The first-order chi connectivity index (χ1) is 7.57. The first-order valence-electron chi connectivity index (χ1n) is 7.05. The van der Waals surface area contributed by atoms with Gasteiger partial charge in [0.05, 0.1) is 0 Å². The van der Waals surface area contributed by atoms with Gasteiger partial charge in [0.2, 0.25) is 0 Å². The average molecular weight is 224 g/mol. The van der Waals surface area contributed by atoms with Crippen molar-refractivity contribution in [1.29, 1.82) is 0 Å². The zero-order valence-corrected chi connectivity index (χ0v) is 11.3. The predicted octanol–water partition coefficient (Wildman–Crippen LogP) is 2.64. The summed E-state index contributed by atoms with van der Waals surface area (Å²) in [6.45, 7) is 10.9. The van der Waals surface area contributed by atoms with Crippen LogP contribution in [-0.4, -0.2) is 36.6 Å². The van der Waals surface area contributed by atoms with E-state index in [0.717, 1.165) is 6.04 Å². The standard InChI is InChI=1S/C14H28N2/c1-14(2,3)13-11-16(10-6-9-15-13)12-7-4-5-8-12/h12-13,15H,4-11H2,1-3H3. The minimum absolute atomic E-state index is 0.390. The van der Waals surface area contributed by atoms with Crippen LogP contribution in [0.25, 0.3) is 0 Å². The maximum Gasteiger partial charge on any atom is 0.0243 e. The normalized spacial score (nSPS) is 30.6. The fourth-order valence-corrected chi connectivity index (χ4v) is 3.13. The molecule has 0 bridgehead atoms. The number of nitrogens with zero attached hydrogens (tertiary/aromatic N) is 1. The maximum absolute atomic E-state index is 3.73. The minimum Gasteiger partial charge on any atom is -0.312 e. The van der Waals surface area contributed by atoms with Gasteiger partial charge in [-0.15, -0.1) is 0 Å². The summed E-state index contributed by atoms with van der Waals surface area (Å²) in [5, 5.41) is 3.73. The van der Waals surface area contributed by atoms with Crippen LogP contribution in [0.15, 0.2) is 0 Å². The highest BCUT2D eigenvalue weighted by Crippen LogP contribution is 2.27. The van der Waals surface area contributed by atoms with Crippen LogP contribution in [0.4, 0.5) is 0 Å². The Labute approximate surface area is 101 Å². The van der Waals surface area contributed by atoms with Crippen molar-refractivity contribution < 1.29 is 0 Å². The van der Waals surface area contributed by atoms with E-state index in [4.69, 9.17) is 0 Å². The van der Waals surface area contributed by atoms with E-state index in [1.165, 1.54) is 51.7 Å². The summed E-state index contributed by atoms with van der Waals surface area (Å²) >= 11 is 0. The molecule has 0 aromatic rings. The van der Waals surface area contributed by atoms with E-state index in [2.05, 4.69) is 31.0 Å². The number of nitrogens with one attached hydrogen (secondary N) is 1. The molecule has 0 radical (unpaired) electrons. The molecule has 94 valence electrons. The van der Waals surface area contributed by atoms with Crippen LogP contribution in [-0.2, 0) is 0 Å². The predicted molar refractivity (Wildman–Crippen MR) is 69.7 cm³/mol. The summed E-state index contributed by atoms with van der Waals surface area (Å²) in [7, 11) is 0. The maximum atomic E-state index is 3.73. The smallest absolute Gasteiger partial charge is 0.0243 e. The summed E-state index contributed by atoms with van der Waals surface area (Å²) < 4.78 is 0. The van der Waals surface area contributed by atoms with E-state index in [1.807, 2.05) is 0 Å². The van der Waals surface area contributed by atoms with Gasteiger partial charge < -0.3 is 5.32 Å². The quantitative estimate of drug-likeness (QED) is 0.736. The fraction of sp³-hybridized carbons (Fsp3) is 1.00. The van der Waals surface area contributed by atoms with Crippen molar-refractivity contribution in [2.24, 2.45) is 5.41 Å². The van der Waals surface area contributed by atoms with Gasteiger partial charge in [0.15, 0.2) is 0 Å². The Morgan fingerprint density at radius 1 is 1.06 bits per heavy atom. The molecule has 1 N–H and O–H groups in total. The molecule has 1 aliphatic heterocycles. The van der Waals surface area contributed by atoms with E-state index in [0.29, 0.717) is 11.5 Å². The van der Waals surface area contributed by atoms with Crippen LogP contribution in [0, 0.1) is 5.41 Å². The van der Waals surface area contributed by atoms with Crippen molar-refractivity contribution in [3.63, 3.8) is 0 Å². The summed E-state index contributed by atoms with van der Waals surface area (Å²) in [6, 6.07) is 1.56. The molecule has 1 saturated heterocycles. The highest BCUT2D eigenvalue weighted by atomic mass is 15.2. The molecule has 2 heteroatoms. The molecule has 1 unspecified atom stereocenters. The van der Waals surface area contributed by atoms with Crippen LogP contribution in [0.2, 0.25) is 0 Å². The molecule has 0 aromatic heterocycles. The second-order valence-electron chi connectivity index (χ2n) is 6.66. The molecule has 2 nitrogen and oxygen atoms in total. The summed E-state index contributed by atoms with van der Waals surface area (Å²) in [4.78, 5) is 2.77. The van der Waals surface area contributed by atoms with Crippen LogP contribution in [0.5, 0.6) is 0 Å². The molecule has 0 aromatic carbocycles. The van der Waals surface area contributed by atoms with E-state index in [-0.39, 0.29) is 0 Å². The zero-order valence-electron chi connectivity index (χ0n) is 11.3. The SMILES string of the molecule is CC(C)(C)C1CN(C2CCCC2)CCCN1. The third kappa shape index (κ3) is 2.98. The van der Waals surface area contributed by atoms with Gasteiger partial charge in [0.25, 0.3) is 0 Å². The highest BCUT2D eigenvalue weighted by molar-refractivity contribution is 4.89. The van der Waals surface area contributed by atoms with Gasteiger partial charge in [-0.2, -0.15) is 0 Å². The van der Waals surface area contributed by atoms with E-state index in [1.54, 1.807) is 0 Å². The lowest BCUT2D eigenvalue weighted by Gasteiger charge is -2.36. The van der Waals surface area contributed by atoms with Crippen LogP contribution >= 0.6 is 0 Å². The summed E-state index contributed by atoms with van der Waals surface area (Å²) in [6.07, 6.45) is 7.11. The first-order valence-corrected chi connectivity index (χ1v) is 7.05. The van der Waals surface area contributed by atoms with Gasteiger partial charge in [0.1, 0.15) is 0 Å². The molecule has 0 spiro atoms. The van der Waals surface area contributed by atoms with Crippen LogP contribution in [0.3, 0.4) is 0 Å². The molecule has 2 aliphatic rings. The molecule has 1 aliphatic carbocycles. The molecule has 2 fully saturated rings. The van der Waals surface area contributed by atoms with Crippen molar-refractivity contribution in [2.45, 2.75) is 65.0 Å². The molecule has 1 heterocycles. The zero-order chi connectivity index (χ0) is 11.6. The van der Waals surface area contributed by atoms with Gasteiger partial charge >= 0.3 is 0 Å². The van der Waals surface area contributed by atoms with Gasteiger partial charge in [-0.25, -0.2) is 0 Å². The number of hydrogen-bond donors (Lipinski definition) is 1. The van der Waals surface area contributed by atoms with Crippen molar-refractivity contribution in [3.05, 3.63) is 0 Å². The third-order valence-corrected chi connectivity index (χ3v) is 4.32. The van der Waals surface area contributed by atoms with Crippen molar-refractivity contribution in [1.82, 2.24) is 10.2 Å². The topological polar surface area (TPSA) is 15.3 Å². The van der Waals surface area contributed by atoms with Crippen molar-refractivity contribution in [3.8, 4) is 0 Å². The highest BCUT2D eigenvalue weighted by Gasteiger charge is 2.31. The van der Waals surface area contributed by atoms with E-state index >= 15 is 0 Å². The Kier molecular flexibility index (Phi) is 3.91. The van der Waals surface area contributed by atoms with Gasteiger partial charge in [-0.3, -0.25) is 4.90 Å². The third-order valence-electron chi connectivity index (χ3n) is 4.32. The van der Waals surface area contributed by atoms with Gasteiger partial charge in [-0.05, 0) is 37.8 Å². The molecule has 1 atom stereocenters. The minimum atomic E-state index is 0.390. The van der Waals surface area contributed by atoms with Crippen LogP contribution < -0.4 is 5.32 Å². The number of hydrogen-bond acceptors (Lipinski definition) is 2. The monoisotopic (exact) mass is 224 g/mol. The lowest BCUT2D eigenvalue weighted by atomic mass is 9.86. The molecule has 0 amide bonds. The van der Waals surface area contributed by atoms with Gasteiger partial charge in [-0.1, -0.05) is 33.6 Å². The van der Waals surface area contributed by atoms with Crippen molar-refractivity contribution in [2.75, 3.05) is 19.6 Å². The summed E-state index contributed by atoms with van der Waals surface area (Å²) in [5.41, 5.74) is 0.390. The second kappa shape index (κ2) is 5.05. The lowest BCUT2D eigenvalue weighted by Crippen LogP contribution is -2.48.